The van der Waals surface area contributed by atoms with E-state index in [0.717, 1.165) is 12.8 Å². The van der Waals surface area contributed by atoms with E-state index < -0.39 is 0 Å². The van der Waals surface area contributed by atoms with Gasteiger partial charge in [-0.15, -0.1) is 0 Å². The van der Waals surface area contributed by atoms with Gasteiger partial charge in [-0.2, -0.15) is 5.48 Å². The maximum absolute atomic E-state index is 11.8. The molecule has 1 aromatic heterocycles. The molecule has 1 unspecified atom stereocenters. The molecule has 0 bridgehead atoms. The lowest BCUT2D eigenvalue weighted by Crippen LogP contribution is -2.27. The zero-order chi connectivity index (χ0) is 14.5. The van der Waals surface area contributed by atoms with Gasteiger partial charge in [0.05, 0.1) is 5.56 Å². The minimum Gasteiger partial charge on any atom is -0.367 e. The predicted octanol–water partition coefficient (Wildman–Crippen LogP) is 2.86. The predicted molar refractivity (Wildman–Crippen MR) is 79.8 cm³/mol. The maximum atomic E-state index is 11.8. The van der Waals surface area contributed by atoms with Gasteiger partial charge in [-0.05, 0) is 48.4 Å². The van der Waals surface area contributed by atoms with Crippen LogP contribution in [0.2, 0.25) is 0 Å². The van der Waals surface area contributed by atoms with Crippen molar-refractivity contribution in [1.29, 1.82) is 0 Å². The Morgan fingerprint density at radius 3 is 2.90 bits per heavy atom. The molecule has 1 heterocycles. The van der Waals surface area contributed by atoms with Crippen LogP contribution in [0, 0.1) is 0 Å². The molecule has 2 aromatic rings. The number of aryl methyl sites for hydroxylation is 1. The highest BCUT2D eigenvalue weighted by Gasteiger charge is 2.20. The number of carbonyl (C=O) groups excluding carboxylic acids is 1. The Balaban J connectivity index is 1.56. The molecule has 1 aliphatic rings. The Bertz CT molecular complexity index is 613. The smallest absolute Gasteiger partial charge is 0.356 e. The largest absolute Gasteiger partial charge is 0.367 e. The molecule has 0 fully saturated rings. The monoisotopic (exact) mass is 282 g/mol. The Hall–Kier alpha value is -2.20. The zero-order valence-electron chi connectivity index (χ0n) is 11.8. The second-order valence-electron chi connectivity index (χ2n) is 5.26. The lowest BCUT2D eigenvalue weighted by molar-refractivity contribution is 0.0238. The van der Waals surface area contributed by atoms with Crippen molar-refractivity contribution in [2.45, 2.75) is 25.2 Å². The summed E-state index contributed by atoms with van der Waals surface area (Å²) in [5.74, 6) is 0.0293. The molecular weight excluding hydrogens is 264 g/mol. The lowest BCUT2D eigenvalue weighted by atomic mass is 9.83. The highest BCUT2D eigenvalue weighted by Crippen LogP contribution is 2.30. The lowest BCUT2D eigenvalue weighted by Gasteiger charge is -2.25. The van der Waals surface area contributed by atoms with E-state index in [1.165, 1.54) is 17.5 Å². The van der Waals surface area contributed by atoms with Crippen molar-refractivity contribution in [2.24, 2.45) is 0 Å². The third-order valence-electron chi connectivity index (χ3n) is 3.90. The molecule has 21 heavy (non-hydrogen) atoms. The first kappa shape index (κ1) is 13.8. The topological polar surface area (TPSA) is 51.2 Å². The number of nitrogens with zero attached hydrogens (tertiary/aromatic N) is 1. The summed E-state index contributed by atoms with van der Waals surface area (Å²) in [6.45, 7) is 0.647. The van der Waals surface area contributed by atoms with Crippen LogP contribution in [-0.2, 0) is 11.3 Å². The summed E-state index contributed by atoms with van der Waals surface area (Å²) in [6, 6.07) is 11.8. The molecule has 1 atom stereocenters. The SMILES string of the molecule is O=C(ONCC1CCCc2ccccc21)c1ccncc1. The Morgan fingerprint density at radius 2 is 2.05 bits per heavy atom. The highest BCUT2D eigenvalue weighted by atomic mass is 16.7. The number of pyridine rings is 1. The fourth-order valence-corrected chi connectivity index (χ4v) is 2.82. The second kappa shape index (κ2) is 6.50. The summed E-state index contributed by atoms with van der Waals surface area (Å²) in [5.41, 5.74) is 6.11. The summed E-state index contributed by atoms with van der Waals surface area (Å²) in [4.78, 5) is 20.8. The number of rotatable bonds is 4. The summed E-state index contributed by atoms with van der Waals surface area (Å²) in [5, 5.41) is 0. The molecule has 0 radical (unpaired) electrons. The molecular formula is C17H18N2O2. The molecule has 0 aliphatic heterocycles. The summed E-state index contributed by atoms with van der Waals surface area (Å²) in [6.07, 6.45) is 6.60. The van der Waals surface area contributed by atoms with Crippen molar-refractivity contribution < 1.29 is 9.63 Å². The van der Waals surface area contributed by atoms with Crippen LogP contribution in [0.5, 0.6) is 0 Å². The summed E-state index contributed by atoms with van der Waals surface area (Å²) < 4.78 is 0. The molecule has 0 saturated carbocycles. The highest BCUT2D eigenvalue weighted by molar-refractivity contribution is 5.88. The van der Waals surface area contributed by atoms with E-state index in [-0.39, 0.29) is 5.97 Å². The van der Waals surface area contributed by atoms with E-state index >= 15 is 0 Å². The van der Waals surface area contributed by atoms with Crippen LogP contribution in [0.15, 0.2) is 48.8 Å². The number of hydroxylamine groups is 1. The normalized spacial score (nSPS) is 17.0. The molecule has 1 N–H and O–H groups in total. The summed E-state index contributed by atoms with van der Waals surface area (Å²) in [7, 11) is 0. The van der Waals surface area contributed by atoms with E-state index in [0.29, 0.717) is 18.0 Å². The quantitative estimate of drug-likeness (QED) is 0.876. The van der Waals surface area contributed by atoms with Gasteiger partial charge in [0, 0.05) is 18.9 Å². The van der Waals surface area contributed by atoms with Crippen LogP contribution in [0.4, 0.5) is 0 Å². The first-order valence-electron chi connectivity index (χ1n) is 7.26. The average Bonchev–Trinajstić information content (AvgIpc) is 2.56. The van der Waals surface area contributed by atoms with E-state index in [9.17, 15) is 4.79 Å². The maximum Gasteiger partial charge on any atom is 0.356 e. The van der Waals surface area contributed by atoms with E-state index in [4.69, 9.17) is 4.84 Å². The first-order chi connectivity index (χ1) is 10.3. The minimum atomic E-state index is -0.374. The number of hydrogen-bond acceptors (Lipinski definition) is 4. The van der Waals surface area contributed by atoms with Crippen molar-refractivity contribution >= 4 is 5.97 Å². The van der Waals surface area contributed by atoms with Gasteiger partial charge in [0.25, 0.3) is 0 Å². The van der Waals surface area contributed by atoms with Gasteiger partial charge in [-0.3, -0.25) is 4.98 Å². The number of aromatic nitrogens is 1. The molecule has 1 aliphatic carbocycles. The van der Waals surface area contributed by atoms with Crippen LogP contribution < -0.4 is 5.48 Å². The number of fused-ring (bicyclic) bond motifs is 1. The van der Waals surface area contributed by atoms with Gasteiger partial charge < -0.3 is 4.84 Å². The Kier molecular flexibility index (Phi) is 4.26. The second-order valence-corrected chi connectivity index (χ2v) is 5.26. The van der Waals surface area contributed by atoms with Crippen molar-refractivity contribution in [1.82, 2.24) is 10.5 Å². The van der Waals surface area contributed by atoms with Crippen LogP contribution >= 0.6 is 0 Å². The fraction of sp³-hybridized carbons (Fsp3) is 0.294. The van der Waals surface area contributed by atoms with E-state index in [1.807, 2.05) is 0 Å². The van der Waals surface area contributed by atoms with Crippen molar-refractivity contribution in [3.63, 3.8) is 0 Å². The minimum absolute atomic E-state index is 0.374. The van der Waals surface area contributed by atoms with Gasteiger partial charge in [0.2, 0.25) is 0 Å². The molecule has 4 heteroatoms. The van der Waals surface area contributed by atoms with Gasteiger partial charge in [-0.1, -0.05) is 24.3 Å². The fourth-order valence-electron chi connectivity index (χ4n) is 2.82. The standard InChI is InChI=1S/C17H18N2O2/c20-17(14-8-10-18-11-9-14)21-19-12-15-6-3-5-13-4-1-2-7-16(13)15/h1-2,4,7-11,15,19H,3,5-6,12H2. The van der Waals surface area contributed by atoms with Gasteiger partial charge in [0.1, 0.15) is 0 Å². The average molecular weight is 282 g/mol. The Labute approximate surface area is 124 Å². The first-order valence-corrected chi connectivity index (χ1v) is 7.26. The third kappa shape index (κ3) is 3.28. The van der Waals surface area contributed by atoms with Crippen LogP contribution in [0.25, 0.3) is 0 Å². The van der Waals surface area contributed by atoms with Crippen molar-refractivity contribution in [3.05, 3.63) is 65.5 Å². The molecule has 1 aromatic carbocycles. The molecule has 0 amide bonds. The molecule has 3 rings (SSSR count). The third-order valence-corrected chi connectivity index (χ3v) is 3.90. The van der Waals surface area contributed by atoms with Crippen molar-refractivity contribution in [3.8, 4) is 0 Å². The molecule has 108 valence electrons. The van der Waals surface area contributed by atoms with Crippen LogP contribution in [0.3, 0.4) is 0 Å². The molecule has 0 spiro atoms. The molecule has 4 nitrogen and oxygen atoms in total. The van der Waals surface area contributed by atoms with Crippen LogP contribution in [-0.4, -0.2) is 17.5 Å². The van der Waals surface area contributed by atoms with Gasteiger partial charge in [-0.25, -0.2) is 4.79 Å². The number of benzene rings is 1. The van der Waals surface area contributed by atoms with Crippen LogP contribution in [0.1, 0.15) is 40.2 Å². The number of hydrogen-bond donors (Lipinski definition) is 1. The molecule has 0 saturated heterocycles. The van der Waals surface area contributed by atoms with Crippen molar-refractivity contribution in [2.75, 3.05) is 6.54 Å². The Morgan fingerprint density at radius 1 is 1.24 bits per heavy atom. The number of nitrogens with one attached hydrogen (secondary N) is 1. The zero-order valence-corrected chi connectivity index (χ0v) is 11.8. The number of carbonyl (C=O) groups is 1. The van der Waals surface area contributed by atoms with Gasteiger partial charge in [0.15, 0.2) is 0 Å². The summed E-state index contributed by atoms with van der Waals surface area (Å²) >= 11 is 0. The van der Waals surface area contributed by atoms with E-state index in [1.54, 1.807) is 24.5 Å². The van der Waals surface area contributed by atoms with E-state index in [2.05, 4.69) is 34.7 Å². The van der Waals surface area contributed by atoms with Gasteiger partial charge >= 0.3 is 5.97 Å².